The molecule has 3 aromatic rings. The Hall–Kier alpha value is -2.62. The van der Waals surface area contributed by atoms with Crippen LogP contribution in [0.5, 0.6) is 0 Å². The molecule has 0 atom stereocenters. The molecule has 0 aliphatic heterocycles. The SMILES string of the molecule is CCc1ccc(NC(=O)n2ncc3cc(C)ccc32)cc1. The van der Waals surface area contributed by atoms with E-state index in [-0.39, 0.29) is 6.03 Å². The number of hydrogen-bond acceptors (Lipinski definition) is 2. The van der Waals surface area contributed by atoms with Crippen molar-refractivity contribution in [2.45, 2.75) is 20.3 Å². The van der Waals surface area contributed by atoms with Crippen molar-refractivity contribution in [2.24, 2.45) is 0 Å². The molecule has 0 unspecified atom stereocenters. The minimum atomic E-state index is -0.252. The van der Waals surface area contributed by atoms with E-state index in [0.717, 1.165) is 28.6 Å². The summed E-state index contributed by atoms with van der Waals surface area (Å²) in [5.41, 5.74) is 3.97. The third-order valence-electron chi connectivity index (χ3n) is 3.53. The topological polar surface area (TPSA) is 46.9 Å². The lowest BCUT2D eigenvalue weighted by molar-refractivity contribution is 0.252. The smallest absolute Gasteiger partial charge is 0.306 e. The fourth-order valence-corrected chi connectivity index (χ4v) is 2.31. The fraction of sp³-hybridized carbons (Fsp3) is 0.176. The van der Waals surface area contributed by atoms with Crippen molar-refractivity contribution in [3.05, 3.63) is 59.8 Å². The van der Waals surface area contributed by atoms with E-state index in [0.29, 0.717) is 0 Å². The summed E-state index contributed by atoms with van der Waals surface area (Å²) in [6.07, 6.45) is 2.69. The summed E-state index contributed by atoms with van der Waals surface area (Å²) >= 11 is 0. The number of rotatable bonds is 2. The first-order valence-electron chi connectivity index (χ1n) is 7.02. The van der Waals surface area contributed by atoms with Gasteiger partial charge in [0.15, 0.2) is 0 Å². The molecule has 1 heterocycles. The van der Waals surface area contributed by atoms with Crippen LogP contribution in [0.4, 0.5) is 10.5 Å². The summed E-state index contributed by atoms with van der Waals surface area (Å²) < 4.78 is 1.39. The van der Waals surface area contributed by atoms with Gasteiger partial charge in [0.1, 0.15) is 0 Å². The molecular formula is C17H17N3O. The van der Waals surface area contributed by atoms with Gasteiger partial charge in [-0.25, -0.2) is 4.79 Å². The fourth-order valence-electron chi connectivity index (χ4n) is 2.31. The first kappa shape index (κ1) is 13.4. The molecular weight excluding hydrogens is 262 g/mol. The highest BCUT2D eigenvalue weighted by molar-refractivity contribution is 5.97. The minimum Gasteiger partial charge on any atom is -0.306 e. The van der Waals surface area contributed by atoms with E-state index < -0.39 is 0 Å². The second-order valence-corrected chi connectivity index (χ2v) is 5.10. The van der Waals surface area contributed by atoms with E-state index in [1.165, 1.54) is 10.2 Å². The van der Waals surface area contributed by atoms with Gasteiger partial charge in [0.2, 0.25) is 0 Å². The normalized spacial score (nSPS) is 10.8. The number of nitrogens with one attached hydrogen (secondary N) is 1. The number of carbonyl (C=O) groups is 1. The quantitative estimate of drug-likeness (QED) is 0.771. The van der Waals surface area contributed by atoms with Crippen LogP contribution in [-0.2, 0) is 6.42 Å². The van der Waals surface area contributed by atoms with Crippen LogP contribution in [0.3, 0.4) is 0 Å². The molecule has 2 aromatic carbocycles. The average molecular weight is 279 g/mol. The number of nitrogens with zero attached hydrogens (tertiary/aromatic N) is 2. The zero-order valence-corrected chi connectivity index (χ0v) is 12.1. The highest BCUT2D eigenvalue weighted by Gasteiger charge is 2.10. The average Bonchev–Trinajstić information content (AvgIpc) is 2.91. The molecule has 4 heteroatoms. The molecule has 3 rings (SSSR count). The molecule has 0 aliphatic rings. The van der Waals surface area contributed by atoms with Gasteiger partial charge in [-0.2, -0.15) is 9.78 Å². The van der Waals surface area contributed by atoms with Crippen molar-refractivity contribution in [2.75, 3.05) is 5.32 Å². The second kappa shape index (κ2) is 5.40. The number of carbonyl (C=O) groups excluding carboxylic acids is 1. The molecule has 1 N–H and O–H groups in total. The Balaban J connectivity index is 1.86. The van der Waals surface area contributed by atoms with E-state index >= 15 is 0 Å². The van der Waals surface area contributed by atoms with E-state index in [9.17, 15) is 4.79 Å². The molecule has 1 aromatic heterocycles. The highest BCUT2D eigenvalue weighted by Crippen LogP contribution is 2.16. The van der Waals surface area contributed by atoms with E-state index in [1.54, 1.807) is 6.20 Å². The van der Waals surface area contributed by atoms with Gasteiger partial charge in [0.05, 0.1) is 11.7 Å². The Morgan fingerprint density at radius 1 is 1.19 bits per heavy atom. The molecule has 21 heavy (non-hydrogen) atoms. The second-order valence-electron chi connectivity index (χ2n) is 5.10. The van der Waals surface area contributed by atoms with Crippen molar-refractivity contribution in [3.8, 4) is 0 Å². The van der Waals surface area contributed by atoms with Crippen LogP contribution in [0, 0.1) is 6.92 Å². The molecule has 0 aliphatic carbocycles. The van der Waals surface area contributed by atoms with Gasteiger partial charge in [-0.15, -0.1) is 0 Å². The standard InChI is InChI=1S/C17H17N3O/c1-3-13-5-7-15(8-6-13)19-17(21)20-16-9-4-12(2)10-14(16)11-18-20/h4-11H,3H2,1-2H3,(H,19,21). The lowest BCUT2D eigenvalue weighted by Gasteiger charge is -2.06. The molecule has 0 bridgehead atoms. The van der Waals surface area contributed by atoms with Crippen LogP contribution in [-0.4, -0.2) is 15.8 Å². The maximum atomic E-state index is 12.3. The largest absolute Gasteiger partial charge is 0.347 e. The summed E-state index contributed by atoms with van der Waals surface area (Å²) in [6.45, 7) is 4.12. The van der Waals surface area contributed by atoms with E-state index in [4.69, 9.17) is 0 Å². The molecule has 0 radical (unpaired) electrons. The third-order valence-corrected chi connectivity index (χ3v) is 3.53. The molecule has 0 saturated heterocycles. The maximum Gasteiger partial charge on any atom is 0.347 e. The van der Waals surface area contributed by atoms with Gasteiger partial charge >= 0.3 is 6.03 Å². The van der Waals surface area contributed by atoms with Crippen LogP contribution in [0.2, 0.25) is 0 Å². The van der Waals surface area contributed by atoms with Crippen molar-refractivity contribution in [1.82, 2.24) is 9.78 Å². The maximum absolute atomic E-state index is 12.3. The summed E-state index contributed by atoms with van der Waals surface area (Å²) in [4.78, 5) is 12.3. The predicted octanol–water partition coefficient (Wildman–Crippen LogP) is 3.99. The molecule has 4 nitrogen and oxygen atoms in total. The molecule has 0 saturated carbocycles. The molecule has 0 spiro atoms. The summed E-state index contributed by atoms with van der Waals surface area (Å²) in [7, 11) is 0. The van der Waals surface area contributed by atoms with Gasteiger partial charge in [-0.05, 0) is 43.2 Å². The summed E-state index contributed by atoms with van der Waals surface area (Å²) in [6, 6.07) is 13.5. The number of aryl methyl sites for hydroxylation is 2. The Kier molecular flexibility index (Phi) is 3.44. The summed E-state index contributed by atoms with van der Waals surface area (Å²) in [5, 5.41) is 8.00. The zero-order valence-electron chi connectivity index (χ0n) is 12.1. The van der Waals surface area contributed by atoms with Crippen LogP contribution in [0.1, 0.15) is 18.1 Å². The van der Waals surface area contributed by atoms with Crippen molar-refractivity contribution in [3.63, 3.8) is 0 Å². The third kappa shape index (κ3) is 2.65. The van der Waals surface area contributed by atoms with Crippen LogP contribution >= 0.6 is 0 Å². The van der Waals surface area contributed by atoms with Gasteiger partial charge in [0.25, 0.3) is 0 Å². The number of benzene rings is 2. The minimum absolute atomic E-state index is 0.252. The molecule has 1 amide bonds. The van der Waals surface area contributed by atoms with Crippen LogP contribution in [0.25, 0.3) is 10.9 Å². The lowest BCUT2D eigenvalue weighted by Crippen LogP contribution is -2.20. The number of aromatic nitrogens is 2. The molecule has 106 valence electrons. The first-order chi connectivity index (χ1) is 10.2. The monoisotopic (exact) mass is 279 g/mol. The van der Waals surface area contributed by atoms with Gasteiger partial charge in [-0.3, -0.25) is 0 Å². The Labute approximate surface area is 123 Å². The number of fused-ring (bicyclic) bond motifs is 1. The Bertz CT molecular complexity index is 787. The van der Waals surface area contributed by atoms with Crippen molar-refractivity contribution in [1.29, 1.82) is 0 Å². The number of hydrogen-bond donors (Lipinski definition) is 1. The number of anilines is 1. The predicted molar refractivity (Wildman–Crippen MR) is 84.7 cm³/mol. The van der Waals surface area contributed by atoms with Gasteiger partial charge < -0.3 is 5.32 Å². The van der Waals surface area contributed by atoms with Crippen molar-refractivity contribution < 1.29 is 4.79 Å². The Morgan fingerprint density at radius 3 is 2.67 bits per heavy atom. The van der Waals surface area contributed by atoms with Gasteiger partial charge in [0, 0.05) is 11.1 Å². The van der Waals surface area contributed by atoms with Crippen LogP contribution < -0.4 is 5.32 Å². The van der Waals surface area contributed by atoms with Crippen molar-refractivity contribution >= 4 is 22.6 Å². The summed E-state index contributed by atoms with van der Waals surface area (Å²) in [5.74, 6) is 0. The van der Waals surface area contributed by atoms with Crippen LogP contribution in [0.15, 0.2) is 48.7 Å². The zero-order chi connectivity index (χ0) is 14.8. The number of amides is 1. The van der Waals surface area contributed by atoms with Gasteiger partial charge in [-0.1, -0.05) is 30.7 Å². The Morgan fingerprint density at radius 2 is 1.95 bits per heavy atom. The van der Waals surface area contributed by atoms with E-state index in [2.05, 4.69) is 17.3 Å². The molecule has 0 fully saturated rings. The lowest BCUT2D eigenvalue weighted by atomic mass is 10.1. The first-order valence-corrected chi connectivity index (χ1v) is 7.02. The van der Waals surface area contributed by atoms with E-state index in [1.807, 2.05) is 49.4 Å². The highest BCUT2D eigenvalue weighted by atomic mass is 16.2.